The molecule has 7 heteroatoms. The Labute approximate surface area is 123 Å². The SMILES string of the molecule is CC(=O)N[C@@H](CSC(C)C(=O)N1CCCCC1)C(=O)O. The molecular formula is C13H22N2O4S. The Morgan fingerprint density at radius 1 is 1.25 bits per heavy atom. The fourth-order valence-electron chi connectivity index (χ4n) is 2.10. The molecule has 1 fully saturated rings. The van der Waals surface area contributed by atoms with Crippen LogP contribution in [0.5, 0.6) is 0 Å². The van der Waals surface area contributed by atoms with Crippen molar-refractivity contribution >= 4 is 29.5 Å². The van der Waals surface area contributed by atoms with Crippen LogP contribution >= 0.6 is 11.8 Å². The number of thioether (sulfide) groups is 1. The summed E-state index contributed by atoms with van der Waals surface area (Å²) in [4.78, 5) is 35.9. The van der Waals surface area contributed by atoms with Crippen LogP contribution in [0.2, 0.25) is 0 Å². The van der Waals surface area contributed by atoms with Crippen molar-refractivity contribution in [3.63, 3.8) is 0 Å². The van der Waals surface area contributed by atoms with Gasteiger partial charge in [-0.2, -0.15) is 0 Å². The van der Waals surface area contributed by atoms with E-state index in [0.29, 0.717) is 0 Å². The molecule has 1 saturated heterocycles. The van der Waals surface area contributed by atoms with E-state index >= 15 is 0 Å². The lowest BCUT2D eigenvalue weighted by molar-refractivity contribution is -0.140. The van der Waals surface area contributed by atoms with Crippen LogP contribution < -0.4 is 5.32 Å². The minimum atomic E-state index is -1.08. The summed E-state index contributed by atoms with van der Waals surface area (Å²) >= 11 is 1.27. The number of hydrogen-bond acceptors (Lipinski definition) is 4. The van der Waals surface area contributed by atoms with E-state index < -0.39 is 12.0 Å². The first-order chi connectivity index (χ1) is 9.41. The van der Waals surface area contributed by atoms with Crippen molar-refractivity contribution < 1.29 is 19.5 Å². The van der Waals surface area contributed by atoms with E-state index in [1.54, 1.807) is 6.92 Å². The molecule has 2 atom stereocenters. The van der Waals surface area contributed by atoms with Crippen molar-refractivity contribution in [1.82, 2.24) is 10.2 Å². The molecule has 1 unspecified atom stereocenters. The zero-order chi connectivity index (χ0) is 15.1. The lowest BCUT2D eigenvalue weighted by Gasteiger charge is -2.29. The molecule has 2 amide bonds. The van der Waals surface area contributed by atoms with Gasteiger partial charge in [-0.15, -0.1) is 11.8 Å². The monoisotopic (exact) mass is 302 g/mol. The summed E-state index contributed by atoms with van der Waals surface area (Å²) in [7, 11) is 0. The number of carboxylic acid groups (broad SMARTS) is 1. The van der Waals surface area contributed by atoms with Crippen LogP contribution in [0.4, 0.5) is 0 Å². The minimum Gasteiger partial charge on any atom is -0.480 e. The molecule has 0 radical (unpaired) electrons. The van der Waals surface area contributed by atoms with E-state index in [4.69, 9.17) is 5.11 Å². The van der Waals surface area contributed by atoms with Gasteiger partial charge in [0.25, 0.3) is 0 Å². The third kappa shape index (κ3) is 5.40. The number of amides is 2. The standard InChI is InChI=1S/C13H22N2O4S/c1-9(12(17)15-6-4-3-5-7-15)20-8-11(13(18)19)14-10(2)16/h9,11H,3-8H2,1-2H3,(H,14,16)(H,18,19)/t9?,11-/m0/s1. The highest BCUT2D eigenvalue weighted by Crippen LogP contribution is 2.18. The number of nitrogens with zero attached hydrogens (tertiary/aromatic N) is 1. The maximum absolute atomic E-state index is 12.2. The second-order valence-corrected chi connectivity index (χ2v) is 6.33. The molecule has 0 aromatic heterocycles. The number of carbonyl (C=O) groups is 3. The summed E-state index contributed by atoms with van der Waals surface area (Å²) in [6, 6.07) is -0.950. The average molecular weight is 302 g/mol. The van der Waals surface area contributed by atoms with E-state index in [0.717, 1.165) is 32.4 Å². The smallest absolute Gasteiger partial charge is 0.327 e. The number of hydrogen-bond donors (Lipinski definition) is 2. The molecule has 1 aliphatic heterocycles. The predicted octanol–water partition coefficient (Wildman–Crippen LogP) is 0.710. The van der Waals surface area contributed by atoms with Crippen LogP contribution in [-0.4, -0.2) is 57.9 Å². The molecule has 0 saturated carbocycles. The molecule has 20 heavy (non-hydrogen) atoms. The molecule has 0 spiro atoms. The number of carbonyl (C=O) groups excluding carboxylic acids is 2. The van der Waals surface area contributed by atoms with Gasteiger partial charge >= 0.3 is 5.97 Å². The van der Waals surface area contributed by atoms with Gasteiger partial charge in [-0.1, -0.05) is 0 Å². The zero-order valence-electron chi connectivity index (χ0n) is 11.9. The van der Waals surface area contributed by atoms with E-state index in [-0.39, 0.29) is 22.8 Å². The Morgan fingerprint density at radius 3 is 2.35 bits per heavy atom. The summed E-state index contributed by atoms with van der Waals surface area (Å²) in [6.45, 7) is 4.65. The maximum Gasteiger partial charge on any atom is 0.327 e. The Morgan fingerprint density at radius 2 is 1.85 bits per heavy atom. The molecule has 0 bridgehead atoms. The van der Waals surface area contributed by atoms with Gasteiger partial charge in [-0.25, -0.2) is 4.79 Å². The topological polar surface area (TPSA) is 86.7 Å². The Balaban J connectivity index is 2.43. The molecule has 2 N–H and O–H groups in total. The number of aliphatic carboxylic acids is 1. The Hall–Kier alpha value is -1.24. The number of piperidine rings is 1. The zero-order valence-corrected chi connectivity index (χ0v) is 12.7. The van der Waals surface area contributed by atoms with Crippen molar-refractivity contribution in [2.75, 3.05) is 18.8 Å². The lowest BCUT2D eigenvalue weighted by Crippen LogP contribution is -2.43. The summed E-state index contributed by atoms with van der Waals surface area (Å²) in [5, 5.41) is 11.1. The van der Waals surface area contributed by atoms with Gasteiger partial charge in [-0.05, 0) is 26.2 Å². The molecule has 114 valence electrons. The molecule has 0 aromatic rings. The van der Waals surface area contributed by atoms with E-state index in [9.17, 15) is 14.4 Å². The Bertz CT molecular complexity index is 369. The van der Waals surface area contributed by atoms with Crippen LogP contribution in [0.15, 0.2) is 0 Å². The van der Waals surface area contributed by atoms with E-state index in [1.807, 2.05) is 4.90 Å². The third-order valence-corrected chi connectivity index (χ3v) is 4.43. The van der Waals surface area contributed by atoms with Crippen LogP contribution in [-0.2, 0) is 14.4 Å². The Kier molecular flexibility index (Phi) is 6.84. The minimum absolute atomic E-state index is 0.0571. The summed E-state index contributed by atoms with van der Waals surface area (Å²) in [5.41, 5.74) is 0. The van der Waals surface area contributed by atoms with Gasteiger partial charge in [0.1, 0.15) is 6.04 Å². The van der Waals surface area contributed by atoms with Crippen LogP contribution in [0.25, 0.3) is 0 Å². The molecule has 0 aromatic carbocycles. The van der Waals surface area contributed by atoms with Gasteiger partial charge in [-0.3, -0.25) is 9.59 Å². The van der Waals surface area contributed by atoms with Crippen molar-refractivity contribution in [2.24, 2.45) is 0 Å². The van der Waals surface area contributed by atoms with Crippen molar-refractivity contribution in [1.29, 1.82) is 0 Å². The number of likely N-dealkylation sites (tertiary alicyclic amines) is 1. The summed E-state index contributed by atoms with van der Waals surface area (Å²) in [6.07, 6.45) is 3.23. The maximum atomic E-state index is 12.2. The van der Waals surface area contributed by atoms with Crippen molar-refractivity contribution in [3.8, 4) is 0 Å². The molecule has 0 aliphatic carbocycles. The van der Waals surface area contributed by atoms with Gasteiger partial charge in [0.05, 0.1) is 5.25 Å². The normalized spacial score (nSPS) is 18.2. The molecular weight excluding hydrogens is 280 g/mol. The predicted molar refractivity (Wildman–Crippen MR) is 77.6 cm³/mol. The molecule has 1 rings (SSSR count). The van der Waals surface area contributed by atoms with Crippen molar-refractivity contribution in [3.05, 3.63) is 0 Å². The largest absolute Gasteiger partial charge is 0.480 e. The van der Waals surface area contributed by atoms with E-state index in [2.05, 4.69) is 5.32 Å². The first-order valence-electron chi connectivity index (χ1n) is 6.82. The highest BCUT2D eigenvalue weighted by Gasteiger charge is 2.25. The quantitative estimate of drug-likeness (QED) is 0.754. The van der Waals surface area contributed by atoms with Crippen molar-refractivity contribution in [2.45, 2.75) is 44.4 Å². The average Bonchev–Trinajstić information content (AvgIpc) is 2.42. The van der Waals surface area contributed by atoms with Crippen LogP contribution in [0.3, 0.4) is 0 Å². The molecule has 1 aliphatic rings. The first kappa shape index (κ1) is 16.8. The molecule has 6 nitrogen and oxygen atoms in total. The summed E-state index contributed by atoms with van der Waals surface area (Å²) in [5.74, 6) is -1.21. The third-order valence-electron chi connectivity index (χ3n) is 3.20. The summed E-state index contributed by atoms with van der Waals surface area (Å²) < 4.78 is 0. The number of rotatable bonds is 6. The highest BCUT2D eigenvalue weighted by atomic mass is 32.2. The first-order valence-corrected chi connectivity index (χ1v) is 7.87. The number of nitrogens with one attached hydrogen (secondary N) is 1. The number of carboxylic acids is 1. The van der Waals surface area contributed by atoms with Gasteiger partial charge in [0, 0.05) is 25.8 Å². The van der Waals surface area contributed by atoms with Gasteiger partial charge < -0.3 is 15.3 Å². The molecule has 1 heterocycles. The lowest BCUT2D eigenvalue weighted by atomic mass is 10.1. The second kappa shape index (κ2) is 8.14. The van der Waals surface area contributed by atoms with Crippen LogP contribution in [0, 0.1) is 0 Å². The fourth-order valence-corrected chi connectivity index (χ4v) is 3.10. The van der Waals surface area contributed by atoms with E-state index in [1.165, 1.54) is 18.7 Å². The van der Waals surface area contributed by atoms with Crippen LogP contribution in [0.1, 0.15) is 33.1 Å². The van der Waals surface area contributed by atoms with Gasteiger partial charge in [0.2, 0.25) is 11.8 Å². The van der Waals surface area contributed by atoms with Gasteiger partial charge in [0.15, 0.2) is 0 Å². The highest BCUT2D eigenvalue weighted by molar-refractivity contribution is 8.00. The fraction of sp³-hybridized carbons (Fsp3) is 0.769. The second-order valence-electron chi connectivity index (χ2n) is 4.95.